The normalized spacial score (nSPS) is 16.3. The van der Waals surface area contributed by atoms with Gasteiger partial charge in [-0.3, -0.25) is 9.59 Å². The lowest BCUT2D eigenvalue weighted by atomic mass is 9.97. The Hall–Kier alpha value is -3.69. The van der Waals surface area contributed by atoms with Crippen LogP contribution in [0.25, 0.3) is 0 Å². The van der Waals surface area contributed by atoms with E-state index in [0.717, 1.165) is 17.7 Å². The first kappa shape index (κ1) is 25.0. The van der Waals surface area contributed by atoms with Crippen molar-refractivity contribution in [2.75, 3.05) is 37.0 Å². The van der Waals surface area contributed by atoms with Gasteiger partial charge in [0.25, 0.3) is 5.91 Å². The van der Waals surface area contributed by atoms with Gasteiger partial charge < -0.3 is 15.0 Å². The highest BCUT2D eigenvalue weighted by atomic mass is 32.2. The van der Waals surface area contributed by atoms with Gasteiger partial charge in [0, 0.05) is 42.5 Å². The number of anilines is 2. The van der Waals surface area contributed by atoms with Crippen LogP contribution in [0.1, 0.15) is 28.8 Å². The monoisotopic (exact) mass is 519 g/mol. The minimum absolute atomic E-state index is 0.100. The molecule has 0 atom stereocenters. The summed E-state index contributed by atoms with van der Waals surface area (Å²) in [6.07, 6.45) is 1.65. The summed E-state index contributed by atoms with van der Waals surface area (Å²) in [4.78, 5) is 28.2. The molecule has 0 saturated carbocycles. The van der Waals surface area contributed by atoms with Gasteiger partial charge in [0.1, 0.15) is 5.75 Å². The minimum atomic E-state index is -3.56. The SMILES string of the molecule is COc1ccc(C(=O)N2CCc3ccc(NC(=O)C4CCN(S(=O)(=O)c5ccccc5)CC4)cc32)cc1. The molecule has 192 valence electrons. The van der Waals surface area contributed by atoms with Crippen LogP contribution in [0.5, 0.6) is 5.75 Å². The van der Waals surface area contributed by atoms with E-state index in [1.54, 1.807) is 66.6 Å². The first-order chi connectivity index (χ1) is 17.9. The van der Waals surface area contributed by atoms with E-state index in [4.69, 9.17) is 4.74 Å². The van der Waals surface area contributed by atoms with Gasteiger partial charge in [0.2, 0.25) is 15.9 Å². The molecule has 2 aliphatic rings. The van der Waals surface area contributed by atoms with Gasteiger partial charge in [-0.25, -0.2) is 8.42 Å². The zero-order valence-electron chi connectivity index (χ0n) is 20.6. The molecule has 3 aromatic carbocycles. The van der Waals surface area contributed by atoms with Crippen molar-refractivity contribution in [1.29, 1.82) is 0 Å². The number of methoxy groups -OCH3 is 1. The van der Waals surface area contributed by atoms with Gasteiger partial charge in [0.05, 0.1) is 12.0 Å². The van der Waals surface area contributed by atoms with E-state index in [1.165, 1.54) is 4.31 Å². The highest BCUT2D eigenvalue weighted by Crippen LogP contribution is 2.33. The Kier molecular flexibility index (Phi) is 6.99. The van der Waals surface area contributed by atoms with Crippen molar-refractivity contribution in [3.63, 3.8) is 0 Å². The summed E-state index contributed by atoms with van der Waals surface area (Å²) in [7, 11) is -1.98. The van der Waals surface area contributed by atoms with Crippen LogP contribution in [0.15, 0.2) is 77.7 Å². The quantitative estimate of drug-likeness (QED) is 0.532. The lowest BCUT2D eigenvalue weighted by Gasteiger charge is -2.30. The highest BCUT2D eigenvalue weighted by molar-refractivity contribution is 7.89. The standard InChI is InChI=1S/C28H29N3O5S/c1-36-24-11-8-22(9-12-24)28(33)31-18-15-20-7-10-23(19-26(20)31)29-27(32)21-13-16-30(17-14-21)37(34,35)25-5-3-2-4-6-25/h2-12,19,21H,13-18H2,1H3,(H,29,32). The van der Waals surface area contributed by atoms with E-state index in [9.17, 15) is 18.0 Å². The lowest BCUT2D eigenvalue weighted by molar-refractivity contribution is -0.120. The lowest BCUT2D eigenvalue weighted by Crippen LogP contribution is -2.41. The molecule has 37 heavy (non-hydrogen) atoms. The first-order valence-corrected chi connectivity index (χ1v) is 13.8. The number of fused-ring (bicyclic) bond motifs is 1. The summed E-state index contributed by atoms with van der Waals surface area (Å²) in [5.41, 5.74) is 3.04. The summed E-state index contributed by atoms with van der Waals surface area (Å²) in [6.45, 7) is 1.17. The maximum atomic E-state index is 13.1. The maximum Gasteiger partial charge on any atom is 0.258 e. The fraction of sp³-hybridized carbons (Fsp3) is 0.286. The van der Waals surface area contributed by atoms with E-state index in [-0.39, 0.29) is 22.6 Å². The molecule has 1 saturated heterocycles. The third-order valence-electron chi connectivity index (χ3n) is 7.04. The Balaban J connectivity index is 1.23. The van der Waals surface area contributed by atoms with Gasteiger partial charge in [-0.15, -0.1) is 0 Å². The zero-order valence-corrected chi connectivity index (χ0v) is 21.4. The molecular formula is C28H29N3O5S. The van der Waals surface area contributed by atoms with Gasteiger partial charge in [0.15, 0.2) is 0 Å². The second-order valence-corrected chi connectivity index (χ2v) is 11.2. The summed E-state index contributed by atoms with van der Waals surface area (Å²) in [6, 6.07) is 21.0. The smallest absolute Gasteiger partial charge is 0.258 e. The number of nitrogens with one attached hydrogen (secondary N) is 1. The molecule has 0 aliphatic carbocycles. The Morgan fingerprint density at radius 1 is 0.919 bits per heavy atom. The van der Waals surface area contributed by atoms with Gasteiger partial charge in [-0.2, -0.15) is 4.31 Å². The Bertz CT molecular complexity index is 1400. The van der Waals surface area contributed by atoms with Crippen LogP contribution in [0, 0.1) is 5.92 Å². The second-order valence-electron chi connectivity index (χ2n) is 9.26. The summed E-state index contributed by atoms with van der Waals surface area (Å²) in [5, 5.41) is 2.98. The van der Waals surface area contributed by atoms with Crippen molar-refractivity contribution in [3.8, 4) is 5.75 Å². The average Bonchev–Trinajstić information content (AvgIpc) is 3.36. The third-order valence-corrected chi connectivity index (χ3v) is 8.95. The Labute approximate surface area is 216 Å². The maximum absolute atomic E-state index is 13.1. The molecule has 9 heteroatoms. The van der Waals surface area contributed by atoms with Crippen LogP contribution in [-0.4, -0.2) is 51.3 Å². The van der Waals surface area contributed by atoms with E-state index in [1.807, 2.05) is 18.2 Å². The van der Waals surface area contributed by atoms with Crippen LogP contribution < -0.4 is 15.0 Å². The van der Waals surface area contributed by atoms with Gasteiger partial charge >= 0.3 is 0 Å². The summed E-state index contributed by atoms with van der Waals surface area (Å²) >= 11 is 0. The highest BCUT2D eigenvalue weighted by Gasteiger charge is 2.32. The zero-order chi connectivity index (χ0) is 26.0. The number of nitrogens with zero attached hydrogens (tertiary/aromatic N) is 2. The number of carbonyl (C=O) groups is 2. The predicted octanol–water partition coefficient (Wildman–Crippen LogP) is 3.94. The second kappa shape index (κ2) is 10.4. The van der Waals surface area contributed by atoms with Gasteiger partial charge in [-0.05, 0) is 73.4 Å². The number of rotatable bonds is 6. The molecular weight excluding hydrogens is 490 g/mol. The number of hydrogen-bond acceptors (Lipinski definition) is 5. The molecule has 0 bridgehead atoms. The van der Waals surface area contributed by atoms with Crippen molar-refractivity contribution in [2.24, 2.45) is 5.92 Å². The number of hydrogen-bond donors (Lipinski definition) is 1. The molecule has 2 amide bonds. The van der Waals surface area contributed by atoms with E-state index < -0.39 is 10.0 Å². The minimum Gasteiger partial charge on any atom is -0.497 e. The van der Waals surface area contributed by atoms with Crippen LogP contribution in [-0.2, 0) is 21.2 Å². The van der Waals surface area contributed by atoms with Crippen LogP contribution in [0.2, 0.25) is 0 Å². The van der Waals surface area contributed by atoms with Crippen LogP contribution in [0.4, 0.5) is 11.4 Å². The predicted molar refractivity (Wildman–Crippen MR) is 141 cm³/mol. The number of benzene rings is 3. The topological polar surface area (TPSA) is 96.0 Å². The van der Waals surface area contributed by atoms with Crippen molar-refractivity contribution >= 4 is 33.2 Å². The molecule has 0 radical (unpaired) electrons. The van der Waals surface area contributed by atoms with Crippen LogP contribution >= 0.6 is 0 Å². The Morgan fingerprint density at radius 3 is 2.30 bits per heavy atom. The Morgan fingerprint density at radius 2 is 1.62 bits per heavy atom. The molecule has 0 spiro atoms. The molecule has 2 aliphatic heterocycles. The molecule has 8 nitrogen and oxygen atoms in total. The number of sulfonamides is 1. The number of carbonyl (C=O) groups excluding carboxylic acids is 2. The molecule has 1 fully saturated rings. The largest absolute Gasteiger partial charge is 0.497 e. The van der Waals surface area contributed by atoms with E-state index >= 15 is 0 Å². The molecule has 0 unspecified atom stereocenters. The third kappa shape index (κ3) is 5.10. The van der Waals surface area contributed by atoms with Crippen LogP contribution in [0.3, 0.4) is 0 Å². The summed E-state index contributed by atoms with van der Waals surface area (Å²) < 4.78 is 32.4. The molecule has 2 heterocycles. The molecule has 3 aromatic rings. The molecule has 1 N–H and O–H groups in total. The van der Waals surface area contributed by atoms with Crippen molar-refractivity contribution in [3.05, 3.63) is 83.9 Å². The van der Waals surface area contributed by atoms with Crippen molar-refractivity contribution < 1.29 is 22.7 Å². The number of ether oxygens (including phenoxy) is 1. The van der Waals surface area contributed by atoms with Gasteiger partial charge in [-0.1, -0.05) is 24.3 Å². The summed E-state index contributed by atoms with van der Waals surface area (Å²) in [5.74, 6) is 0.166. The van der Waals surface area contributed by atoms with E-state index in [0.29, 0.717) is 49.5 Å². The number of piperidine rings is 1. The number of amides is 2. The fourth-order valence-electron chi connectivity index (χ4n) is 4.90. The first-order valence-electron chi connectivity index (χ1n) is 12.3. The molecule has 0 aromatic heterocycles. The van der Waals surface area contributed by atoms with E-state index in [2.05, 4.69) is 5.32 Å². The fourth-order valence-corrected chi connectivity index (χ4v) is 6.39. The average molecular weight is 520 g/mol. The van der Waals surface area contributed by atoms with Crippen molar-refractivity contribution in [2.45, 2.75) is 24.2 Å². The van der Waals surface area contributed by atoms with Crippen molar-refractivity contribution in [1.82, 2.24) is 4.31 Å². The molecule has 5 rings (SSSR count).